The van der Waals surface area contributed by atoms with Crippen LogP contribution in [-0.4, -0.2) is 30.0 Å². The van der Waals surface area contributed by atoms with Crippen LogP contribution < -0.4 is 15.0 Å². The SMILES string of the molecule is COc1ccccc1CNc1nc(C)cc(C(=O)N(C)c2ccccc2)n1. The third kappa shape index (κ3) is 4.41. The van der Waals surface area contributed by atoms with Crippen molar-refractivity contribution >= 4 is 17.5 Å². The molecule has 6 nitrogen and oxygen atoms in total. The topological polar surface area (TPSA) is 67.3 Å². The zero-order valence-electron chi connectivity index (χ0n) is 15.6. The number of nitrogens with one attached hydrogen (secondary N) is 1. The van der Waals surface area contributed by atoms with Crippen molar-refractivity contribution in [2.45, 2.75) is 13.5 Å². The van der Waals surface area contributed by atoms with E-state index in [1.807, 2.05) is 61.5 Å². The van der Waals surface area contributed by atoms with Gasteiger partial charge in [0.1, 0.15) is 11.4 Å². The number of carbonyl (C=O) groups excluding carboxylic acids is 1. The van der Waals surface area contributed by atoms with Gasteiger partial charge in [0, 0.05) is 30.5 Å². The number of amides is 1. The molecule has 0 bridgehead atoms. The summed E-state index contributed by atoms with van der Waals surface area (Å²) in [5, 5.41) is 3.18. The van der Waals surface area contributed by atoms with Gasteiger partial charge in [-0.2, -0.15) is 0 Å². The number of benzene rings is 2. The lowest BCUT2D eigenvalue weighted by molar-refractivity contribution is 0.0988. The van der Waals surface area contributed by atoms with Gasteiger partial charge in [-0.25, -0.2) is 9.97 Å². The highest BCUT2D eigenvalue weighted by molar-refractivity contribution is 6.04. The second-order valence-corrected chi connectivity index (χ2v) is 6.08. The first-order valence-corrected chi connectivity index (χ1v) is 8.63. The lowest BCUT2D eigenvalue weighted by atomic mass is 10.2. The molecule has 0 atom stereocenters. The molecule has 0 aliphatic heterocycles. The van der Waals surface area contributed by atoms with E-state index in [1.165, 1.54) is 0 Å². The highest BCUT2D eigenvalue weighted by atomic mass is 16.5. The third-order valence-corrected chi connectivity index (χ3v) is 4.15. The molecule has 2 aromatic carbocycles. The Morgan fingerprint density at radius 3 is 2.52 bits per heavy atom. The normalized spacial score (nSPS) is 10.3. The van der Waals surface area contributed by atoms with E-state index in [2.05, 4.69) is 15.3 Å². The molecule has 27 heavy (non-hydrogen) atoms. The molecule has 0 radical (unpaired) electrons. The minimum Gasteiger partial charge on any atom is -0.496 e. The number of hydrogen-bond donors (Lipinski definition) is 1. The number of anilines is 2. The molecule has 1 N–H and O–H groups in total. The predicted octanol–water partition coefficient (Wildman–Crippen LogP) is 3.68. The van der Waals surface area contributed by atoms with Crippen LogP contribution in [0.2, 0.25) is 0 Å². The van der Waals surface area contributed by atoms with Crippen molar-refractivity contribution in [3.05, 3.63) is 77.6 Å². The molecule has 0 aliphatic rings. The van der Waals surface area contributed by atoms with Crippen molar-refractivity contribution in [2.24, 2.45) is 0 Å². The predicted molar refractivity (Wildman–Crippen MR) is 106 cm³/mol. The number of aryl methyl sites for hydroxylation is 1. The van der Waals surface area contributed by atoms with Crippen LogP contribution in [0.1, 0.15) is 21.7 Å². The van der Waals surface area contributed by atoms with Gasteiger partial charge in [-0.05, 0) is 31.2 Å². The lowest BCUT2D eigenvalue weighted by Gasteiger charge is -2.17. The van der Waals surface area contributed by atoms with Crippen LogP contribution in [0.4, 0.5) is 11.6 Å². The first-order valence-electron chi connectivity index (χ1n) is 8.63. The molecule has 138 valence electrons. The molecule has 1 amide bonds. The number of para-hydroxylation sites is 2. The van der Waals surface area contributed by atoms with E-state index in [9.17, 15) is 4.79 Å². The summed E-state index contributed by atoms with van der Waals surface area (Å²) < 4.78 is 5.36. The van der Waals surface area contributed by atoms with Gasteiger partial charge in [-0.15, -0.1) is 0 Å². The van der Waals surface area contributed by atoms with Crippen LogP contribution in [-0.2, 0) is 6.54 Å². The molecule has 6 heteroatoms. The highest BCUT2D eigenvalue weighted by Gasteiger charge is 2.16. The van der Waals surface area contributed by atoms with Crippen LogP contribution >= 0.6 is 0 Å². The van der Waals surface area contributed by atoms with E-state index < -0.39 is 0 Å². The van der Waals surface area contributed by atoms with Crippen LogP contribution in [0.5, 0.6) is 5.75 Å². The summed E-state index contributed by atoms with van der Waals surface area (Å²) in [5.74, 6) is 1.01. The van der Waals surface area contributed by atoms with Crippen LogP contribution in [0.25, 0.3) is 0 Å². The second kappa shape index (κ2) is 8.31. The van der Waals surface area contributed by atoms with Crippen LogP contribution in [0.3, 0.4) is 0 Å². The van der Waals surface area contributed by atoms with Gasteiger partial charge in [0.15, 0.2) is 0 Å². The van der Waals surface area contributed by atoms with E-state index in [1.54, 1.807) is 25.1 Å². The molecule has 0 saturated heterocycles. The molecule has 1 aromatic heterocycles. The zero-order chi connectivity index (χ0) is 19.2. The monoisotopic (exact) mass is 362 g/mol. The summed E-state index contributed by atoms with van der Waals surface area (Å²) in [4.78, 5) is 23.2. The Balaban J connectivity index is 1.79. The average Bonchev–Trinajstić information content (AvgIpc) is 2.71. The van der Waals surface area contributed by atoms with E-state index in [0.29, 0.717) is 18.2 Å². The molecule has 0 spiro atoms. The maximum absolute atomic E-state index is 12.8. The fourth-order valence-corrected chi connectivity index (χ4v) is 2.72. The third-order valence-electron chi connectivity index (χ3n) is 4.15. The summed E-state index contributed by atoms with van der Waals surface area (Å²) in [7, 11) is 3.37. The number of ether oxygens (including phenoxy) is 1. The Labute approximate surface area is 158 Å². The quantitative estimate of drug-likeness (QED) is 0.724. The maximum atomic E-state index is 12.8. The average molecular weight is 362 g/mol. The van der Waals surface area contributed by atoms with Gasteiger partial charge in [-0.3, -0.25) is 4.79 Å². The second-order valence-electron chi connectivity index (χ2n) is 6.08. The number of methoxy groups -OCH3 is 1. The number of nitrogens with zero attached hydrogens (tertiary/aromatic N) is 3. The first kappa shape index (κ1) is 18.4. The molecular weight excluding hydrogens is 340 g/mol. The Morgan fingerprint density at radius 1 is 1.07 bits per heavy atom. The van der Waals surface area contributed by atoms with Crippen molar-refractivity contribution in [1.82, 2.24) is 9.97 Å². The fourth-order valence-electron chi connectivity index (χ4n) is 2.72. The Hall–Kier alpha value is -3.41. The maximum Gasteiger partial charge on any atom is 0.276 e. The minimum absolute atomic E-state index is 0.188. The minimum atomic E-state index is -0.188. The van der Waals surface area contributed by atoms with Gasteiger partial charge < -0.3 is 15.0 Å². The van der Waals surface area contributed by atoms with Crippen molar-refractivity contribution in [2.75, 3.05) is 24.4 Å². The molecule has 3 rings (SSSR count). The first-order chi connectivity index (χ1) is 13.1. The Morgan fingerprint density at radius 2 is 1.78 bits per heavy atom. The summed E-state index contributed by atoms with van der Waals surface area (Å²) in [6.07, 6.45) is 0. The summed E-state index contributed by atoms with van der Waals surface area (Å²) in [6.45, 7) is 2.34. The van der Waals surface area contributed by atoms with Crippen molar-refractivity contribution in [3.8, 4) is 5.75 Å². The standard InChI is InChI=1S/C21H22N4O2/c1-15-13-18(20(26)25(2)17-10-5-4-6-11-17)24-21(23-15)22-14-16-9-7-8-12-19(16)27-3/h4-13H,14H2,1-3H3,(H,22,23,24). The van der Waals surface area contributed by atoms with Crippen molar-refractivity contribution < 1.29 is 9.53 Å². The van der Waals surface area contributed by atoms with Crippen LogP contribution in [0, 0.1) is 6.92 Å². The van der Waals surface area contributed by atoms with Crippen molar-refractivity contribution in [3.63, 3.8) is 0 Å². The van der Waals surface area contributed by atoms with Gasteiger partial charge in [0.2, 0.25) is 5.95 Å². The molecular formula is C21H22N4O2. The van der Waals surface area contributed by atoms with E-state index in [0.717, 1.165) is 22.7 Å². The van der Waals surface area contributed by atoms with Gasteiger partial charge in [-0.1, -0.05) is 36.4 Å². The van der Waals surface area contributed by atoms with Gasteiger partial charge in [0.25, 0.3) is 5.91 Å². The molecule has 0 fully saturated rings. The fraction of sp³-hybridized carbons (Fsp3) is 0.190. The molecule has 0 unspecified atom stereocenters. The van der Waals surface area contributed by atoms with Crippen molar-refractivity contribution in [1.29, 1.82) is 0 Å². The highest BCUT2D eigenvalue weighted by Crippen LogP contribution is 2.19. The zero-order valence-corrected chi connectivity index (χ0v) is 15.6. The summed E-state index contributed by atoms with van der Waals surface area (Å²) in [6, 6.07) is 18.9. The van der Waals surface area contributed by atoms with Gasteiger partial charge in [0.05, 0.1) is 7.11 Å². The molecule has 1 heterocycles. The van der Waals surface area contributed by atoms with E-state index in [-0.39, 0.29) is 5.91 Å². The van der Waals surface area contributed by atoms with Gasteiger partial charge >= 0.3 is 0 Å². The number of hydrogen-bond acceptors (Lipinski definition) is 5. The lowest BCUT2D eigenvalue weighted by Crippen LogP contribution is -2.27. The number of rotatable bonds is 6. The molecule has 0 saturated carbocycles. The summed E-state index contributed by atoms with van der Waals surface area (Å²) >= 11 is 0. The van der Waals surface area contributed by atoms with Crippen LogP contribution in [0.15, 0.2) is 60.7 Å². The summed E-state index contributed by atoms with van der Waals surface area (Å²) in [5.41, 5.74) is 2.86. The van der Waals surface area contributed by atoms with E-state index in [4.69, 9.17) is 4.74 Å². The largest absolute Gasteiger partial charge is 0.496 e. The smallest absolute Gasteiger partial charge is 0.276 e. The number of carbonyl (C=O) groups is 1. The Bertz CT molecular complexity index is 928. The molecule has 0 aliphatic carbocycles. The molecule has 3 aromatic rings. The Kier molecular flexibility index (Phi) is 5.66. The van der Waals surface area contributed by atoms with E-state index >= 15 is 0 Å². The number of aromatic nitrogens is 2.